The lowest BCUT2D eigenvalue weighted by Crippen LogP contribution is -2.28. The quantitative estimate of drug-likeness (QED) is 0.665. The summed E-state index contributed by atoms with van der Waals surface area (Å²) >= 11 is 6.26. The van der Waals surface area contributed by atoms with Gasteiger partial charge in [0.05, 0.1) is 23.7 Å². The van der Waals surface area contributed by atoms with Gasteiger partial charge in [0, 0.05) is 18.7 Å². The molecular formula is C16H24ClN3O5. The summed E-state index contributed by atoms with van der Waals surface area (Å²) in [7, 11) is 8.35. The van der Waals surface area contributed by atoms with Crippen molar-refractivity contribution in [3.63, 3.8) is 0 Å². The molecule has 0 saturated heterocycles. The van der Waals surface area contributed by atoms with Crippen molar-refractivity contribution >= 4 is 23.5 Å². The van der Waals surface area contributed by atoms with Gasteiger partial charge in [-0.05, 0) is 34.3 Å². The lowest BCUT2D eigenvalue weighted by atomic mass is 9.97. The minimum absolute atomic E-state index is 0.0682. The second-order valence-electron chi connectivity index (χ2n) is 6.26. The van der Waals surface area contributed by atoms with E-state index in [1.165, 1.54) is 13.2 Å². The Morgan fingerprint density at radius 3 is 2.00 bits per heavy atom. The van der Waals surface area contributed by atoms with Crippen LogP contribution < -0.4 is 4.74 Å². The standard InChI is InChI=1S/C16H24ClN3O5/c1-19(2)7-10(15(21)22)9-6-12(17)13(18-14(9)25-5)11(16(23)24)8-20(3)4/h6,10-11H,7-8H2,1-5H3,(H,21,22)(H,23,24). The second-order valence-corrected chi connectivity index (χ2v) is 6.67. The predicted octanol–water partition coefficient (Wildman–Crippen LogP) is 1.20. The first-order valence-corrected chi connectivity index (χ1v) is 7.95. The Hall–Kier alpha value is -1.90. The first-order valence-electron chi connectivity index (χ1n) is 7.57. The Kier molecular flexibility index (Phi) is 7.60. The first kappa shape index (κ1) is 21.1. The number of pyridine rings is 1. The molecule has 2 atom stereocenters. The van der Waals surface area contributed by atoms with Crippen LogP contribution in [-0.2, 0) is 9.59 Å². The predicted molar refractivity (Wildman–Crippen MR) is 93.7 cm³/mol. The fourth-order valence-electron chi connectivity index (χ4n) is 2.48. The molecule has 0 fully saturated rings. The molecule has 0 saturated carbocycles. The summed E-state index contributed by atoms with van der Waals surface area (Å²) in [4.78, 5) is 30.9. The Morgan fingerprint density at radius 2 is 1.60 bits per heavy atom. The van der Waals surface area contributed by atoms with Crippen LogP contribution in [0, 0.1) is 0 Å². The van der Waals surface area contributed by atoms with Crippen LogP contribution in [0.4, 0.5) is 0 Å². The van der Waals surface area contributed by atoms with Crippen molar-refractivity contribution in [1.82, 2.24) is 14.8 Å². The van der Waals surface area contributed by atoms with Crippen molar-refractivity contribution < 1.29 is 24.5 Å². The maximum absolute atomic E-state index is 11.6. The van der Waals surface area contributed by atoms with Crippen LogP contribution in [0.25, 0.3) is 0 Å². The summed E-state index contributed by atoms with van der Waals surface area (Å²) in [6.45, 7) is 0.424. The average Bonchev–Trinajstić information content (AvgIpc) is 2.49. The maximum Gasteiger partial charge on any atom is 0.313 e. The molecule has 9 heteroatoms. The molecule has 0 spiro atoms. The summed E-state index contributed by atoms with van der Waals surface area (Å²) in [6, 6.07) is 1.44. The van der Waals surface area contributed by atoms with E-state index < -0.39 is 23.8 Å². The van der Waals surface area contributed by atoms with Crippen LogP contribution in [0.5, 0.6) is 5.88 Å². The molecule has 0 aliphatic rings. The minimum atomic E-state index is -1.07. The summed E-state index contributed by atoms with van der Waals surface area (Å²) in [5.41, 5.74) is 0.462. The van der Waals surface area contributed by atoms with Gasteiger partial charge in [0.25, 0.3) is 0 Å². The Labute approximate surface area is 152 Å². The zero-order chi connectivity index (χ0) is 19.3. The largest absolute Gasteiger partial charge is 0.481 e. The zero-order valence-corrected chi connectivity index (χ0v) is 15.7. The number of likely N-dealkylation sites (N-methyl/N-ethyl adjacent to an activating group) is 2. The number of methoxy groups -OCH3 is 1. The van der Waals surface area contributed by atoms with Crippen LogP contribution >= 0.6 is 11.6 Å². The van der Waals surface area contributed by atoms with Gasteiger partial charge >= 0.3 is 11.9 Å². The topological polar surface area (TPSA) is 103 Å². The molecular weight excluding hydrogens is 350 g/mol. The average molecular weight is 374 g/mol. The van der Waals surface area contributed by atoms with Gasteiger partial charge in [-0.3, -0.25) is 9.59 Å². The highest BCUT2D eigenvalue weighted by atomic mass is 35.5. The van der Waals surface area contributed by atoms with Crippen molar-refractivity contribution in [2.45, 2.75) is 11.8 Å². The molecule has 8 nitrogen and oxygen atoms in total. The van der Waals surface area contributed by atoms with E-state index in [2.05, 4.69) is 4.98 Å². The van der Waals surface area contributed by atoms with Crippen LogP contribution in [0.15, 0.2) is 6.07 Å². The molecule has 0 amide bonds. The summed E-state index contributed by atoms with van der Waals surface area (Å²) in [5, 5.41) is 19.1. The molecule has 2 unspecified atom stereocenters. The summed E-state index contributed by atoms with van der Waals surface area (Å²) < 4.78 is 5.23. The molecule has 0 aromatic carbocycles. The van der Waals surface area contributed by atoms with E-state index in [1.807, 2.05) is 0 Å². The van der Waals surface area contributed by atoms with E-state index in [4.69, 9.17) is 16.3 Å². The number of aliphatic carboxylic acids is 2. The van der Waals surface area contributed by atoms with Crippen LogP contribution in [0.2, 0.25) is 5.02 Å². The number of aromatic nitrogens is 1. The van der Waals surface area contributed by atoms with Gasteiger partial charge < -0.3 is 24.7 Å². The summed E-state index contributed by atoms with van der Waals surface area (Å²) in [5.74, 6) is -3.90. The molecule has 0 aliphatic carbocycles. The fraction of sp³-hybridized carbons (Fsp3) is 0.562. The van der Waals surface area contributed by atoms with Crippen LogP contribution in [0.3, 0.4) is 0 Å². The highest BCUT2D eigenvalue weighted by molar-refractivity contribution is 6.31. The third-order valence-corrected chi connectivity index (χ3v) is 3.89. The minimum Gasteiger partial charge on any atom is -0.481 e. The van der Waals surface area contributed by atoms with Gasteiger partial charge in [-0.1, -0.05) is 11.6 Å². The number of carboxylic acids is 2. The molecule has 1 rings (SSSR count). The molecule has 1 heterocycles. The van der Waals surface area contributed by atoms with Crippen LogP contribution in [0.1, 0.15) is 23.1 Å². The number of nitrogens with zero attached hydrogens (tertiary/aromatic N) is 3. The number of ether oxygens (including phenoxy) is 1. The summed E-state index contributed by atoms with van der Waals surface area (Å²) in [6.07, 6.45) is 0. The smallest absolute Gasteiger partial charge is 0.313 e. The van der Waals surface area contributed by atoms with Crippen molar-refractivity contribution in [2.24, 2.45) is 0 Å². The molecule has 1 aromatic heterocycles. The van der Waals surface area contributed by atoms with Crippen molar-refractivity contribution in [3.05, 3.63) is 22.3 Å². The lowest BCUT2D eigenvalue weighted by molar-refractivity contribution is -0.140. The second kappa shape index (κ2) is 8.98. The van der Waals surface area contributed by atoms with E-state index in [1.54, 1.807) is 38.0 Å². The number of carboxylic acid groups (broad SMARTS) is 2. The van der Waals surface area contributed by atoms with Gasteiger partial charge in [-0.2, -0.15) is 0 Å². The van der Waals surface area contributed by atoms with Gasteiger partial charge in [0.2, 0.25) is 5.88 Å². The number of hydrogen-bond acceptors (Lipinski definition) is 6. The monoisotopic (exact) mass is 373 g/mol. The first-order chi connectivity index (χ1) is 11.6. The fourth-order valence-corrected chi connectivity index (χ4v) is 2.77. The SMILES string of the molecule is COc1nc(C(CN(C)C)C(=O)O)c(Cl)cc1C(CN(C)C)C(=O)O. The van der Waals surface area contributed by atoms with E-state index in [0.29, 0.717) is 5.56 Å². The van der Waals surface area contributed by atoms with E-state index in [0.717, 1.165) is 0 Å². The number of carbonyl (C=O) groups is 2. The lowest BCUT2D eigenvalue weighted by Gasteiger charge is -2.22. The normalized spacial score (nSPS) is 13.8. The van der Waals surface area contributed by atoms with Crippen molar-refractivity contribution in [2.75, 3.05) is 48.4 Å². The molecule has 0 aliphatic heterocycles. The number of hydrogen-bond donors (Lipinski definition) is 2. The van der Waals surface area contributed by atoms with Gasteiger partial charge in [-0.25, -0.2) is 4.98 Å². The van der Waals surface area contributed by atoms with Gasteiger partial charge in [0.1, 0.15) is 5.92 Å². The third-order valence-electron chi connectivity index (χ3n) is 3.59. The highest BCUT2D eigenvalue weighted by Gasteiger charge is 2.30. The molecule has 0 bridgehead atoms. The highest BCUT2D eigenvalue weighted by Crippen LogP contribution is 2.33. The number of rotatable bonds is 9. The zero-order valence-electron chi connectivity index (χ0n) is 15.0. The third kappa shape index (κ3) is 5.55. The van der Waals surface area contributed by atoms with Gasteiger partial charge in [0.15, 0.2) is 0 Å². The van der Waals surface area contributed by atoms with E-state index in [-0.39, 0.29) is 29.7 Å². The Morgan fingerprint density at radius 1 is 1.12 bits per heavy atom. The molecule has 2 N–H and O–H groups in total. The van der Waals surface area contributed by atoms with Gasteiger partial charge in [-0.15, -0.1) is 0 Å². The van der Waals surface area contributed by atoms with Crippen molar-refractivity contribution in [1.29, 1.82) is 0 Å². The number of halogens is 1. The van der Waals surface area contributed by atoms with E-state index >= 15 is 0 Å². The van der Waals surface area contributed by atoms with Crippen molar-refractivity contribution in [3.8, 4) is 5.88 Å². The molecule has 140 valence electrons. The Bertz CT molecular complexity index is 636. The Balaban J connectivity index is 3.44. The maximum atomic E-state index is 11.6. The molecule has 25 heavy (non-hydrogen) atoms. The molecule has 1 aromatic rings. The molecule has 0 radical (unpaired) electrons. The van der Waals surface area contributed by atoms with E-state index in [9.17, 15) is 19.8 Å². The van der Waals surface area contributed by atoms with Crippen LogP contribution in [-0.4, -0.2) is 85.3 Å².